The van der Waals surface area contributed by atoms with Crippen molar-refractivity contribution in [3.63, 3.8) is 0 Å². The Morgan fingerprint density at radius 2 is 2.04 bits per heavy atom. The summed E-state index contributed by atoms with van der Waals surface area (Å²) in [6.07, 6.45) is 1.69. The molecule has 2 rings (SSSR count). The number of nitro groups is 1. The predicted octanol–water partition coefficient (Wildman–Crippen LogP) is 4.83. The molecule has 0 heterocycles. The van der Waals surface area contributed by atoms with Crippen molar-refractivity contribution in [1.82, 2.24) is 0 Å². The van der Waals surface area contributed by atoms with Crippen LogP contribution in [0.2, 0.25) is 0 Å². The summed E-state index contributed by atoms with van der Waals surface area (Å²) in [7, 11) is 1.55. The molecule has 0 N–H and O–H groups in total. The highest BCUT2D eigenvalue weighted by atomic mass is 79.9. The lowest BCUT2D eigenvalue weighted by Crippen LogP contribution is -1.97. The van der Waals surface area contributed by atoms with Crippen LogP contribution >= 0.6 is 15.9 Å². The maximum absolute atomic E-state index is 10.7. The van der Waals surface area contributed by atoms with E-state index >= 15 is 0 Å². The number of ether oxygens (including phenoxy) is 2. The van der Waals surface area contributed by atoms with E-state index in [-0.39, 0.29) is 5.69 Å². The van der Waals surface area contributed by atoms with E-state index in [1.165, 1.54) is 12.1 Å². The fourth-order valence-electron chi connectivity index (χ4n) is 2.24. The van der Waals surface area contributed by atoms with Gasteiger partial charge in [0.2, 0.25) is 0 Å². The molecule has 0 radical (unpaired) electrons. The van der Waals surface area contributed by atoms with Crippen molar-refractivity contribution in [3.8, 4) is 17.6 Å². The van der Waals surface area contributed by atoms with Gasteiger partial charge in [0, 0.05) is 12.1 Å². The Balaban J connectivity index is 2.45. The molecule has 0 bridgehead atoms. The molecule has 7 heteroatoms. The first-order valence-corrected chi connectivity index (χ1v) is 8.16. The van der Waals surface area contributed by atoms with Crippen LogP contribution in [-0.2, 0) is 0 Å². The molecular formula is C18H15BrN2O4. The van der Waals surface area contributed by atoms with E-state index in [0.717, 1.165) is 5.56 Å². The van der Waals surface area contributed by atoms with Crippen molar-refractivity contribution >= 4 is 33.3 Å². The van der Waals surface area contributed by atoms with Gasteiger partial charge >= 0.3 is 0 Å². The van der Waals surface area contributed by atoms with E-state index in [9.17, 15) is 15.4 Å². The van der Waals surface area contributed by atoms with Crippen molar-refractivity contribution < 1.29 is 14.4 Å². The predicted molar refractivity (Wildman–Crippen MR) is 98.4 cm³/mol. The van der Waals surface area contributed by atoms with Gasteiger partial charge in [-0.3, -0.25) is 10.1 Å². The summed E-state index contributed by atoms with van der Waals surface area (Å²) in [6.45, 7) is 2.34. The molecule has 0 amide bonds. The van der Waals surface area contributed by atoms with Crippen molar-refractivity contribution in [2.45, 2.75) is 6.92 Å². The molecular weight excluding hydrogens is 388 g/mol. The van der Waals surface area contributed by atoms with Crippen LogP contribution in [0.5, 0.6) is 11.5 Å². The van der Waals surface area contributed by atoms with Crippen LogP contribution in [-0.4, -0.2) is 18.6 Å². The largest absolute Gasteiger partial charge is 0.492 e. The van der Waals surface area contributed by atoms with Gasteiger partial charge < -0.3 is 9.47 Å². The van der Waals surface area contributed by atoms with Crippen LogP contribution in [0, 0.1) is 21.4 Å². The zero-order valence-electron chi connectivity index (χ0n) is 13.7. The van der Waals surface area contributed by atoms with Gasteiger partial charge in [-0.1, -0.05) is 0 Å². The summed E-state index contributed by atoms with van der Waals surface area (Å²) in [5.74, 6) is 1.14. The van der Waals surface area contributed by atoms with E-state index in [2.05, 4.69) is 22.0 Å². The number of non-ortho nitro benzene ring substituents is 1. The van der Waals surface area contributed by atoms with Crippen LogP contribution in [0.15, 0.2) is 40.9 Å². The Kier molecular flexibility index (Phi) is 6.14. The second kappa shape index (κ2) is 8.31. The zero-order valence-corrected chi connectivity index (χ0v) is 15.2. The number of methoxy groups -OCH3 is 1. The second-order valence-corrected chi connectivity index (χ2v) is 5.80. The number of nitro benzene ring substituents is 1. The Hall–Kier alpha value is -2.85. The maximum Gasteiger partial charge on any atom is 0.269 e. The van der Waals surface area contributed by atoms with Crippen LogP contribution in [0.4, 0.5) is 5.69 Å². The minimum atomic E-state index is -0.478. The highest BCUT2D eigenvalue weighted by molar-refractivity contribution is 9.10. The molecule has 0 atom stereocenters. The summed E-state index contributed by atoms with van der Waals surface area (Å²) >= 11 is 3.43. The van der Waals surface area contributed by atoms with Gasteiger partial charge in [-0.25, -0.2) is 0 Å². The van der Waals surface area contributed by atoms with Crippen LogP contribution in [0.25, 0.3) is 11.6 Å². The molecule has 0 aliphatic heterocycles. The summed E-state index contributed by atoms with van der Waals surface area (Å²) in [4.78, 5) is 10.3. The van der Waals surface area contributed by atoms with Gasteiger partial charge in [0.25, 0.3) is 5.69 Å². The average Bonchev–Trinajstić information content (AvgIpc) is 2.60. The summed E-state index contributed by atoms with van der Waals surface area (Å²) in [5.41, 5.74) is 1.70. The summed E-state index contributed by atoms with van der Waals surface area (Å²) in [6, 6.07) is 11.5. The number of hydrogen-bond donors (Lipinski definition) is 0. The van der Waals surface area contributed by atoms with Gasteiger partial charge in [-0.05, 0) is 64.3 Å². The number of halogens is 1. The average molecular weight is 403 g/mol. The molecule has 0 saturated carbocycles. The lowest BCUT2D eigenvalue weighted by molar-refractivity contribution is -0.384. The third kappa shape index (κ3) is 4.37. The molecule has 0 spiro atoms. The third-order valence-electron chi connectivity index (χ3n) is 3.36. The highest BCUT2D eigenvalue weighted by Crippen LogP contribution is 2.37. The summed E-state index contributed by atoms with van der Waals surface area (Å²) < 4.78 is 11.6. The number of benzene rings is 2. The molecule has 0 unspecified atom stereocenters. The molecule has 0 aromatic heterocycles. The first-order chi connectivity index (χ1) is 12.0. The minimum Gasteiger partial charge on any atom is -0.492 e. The Bertz CT molecular complexity index is 855. The summed E-state index contributed by atoms with van der Waals surface area (Å²) in [5, 5.41) is 20.2. The highest BCUT2D eigenvalue weighted by Gasteiger charge is 2.12. The van der Waals surface area contributed by atoms with E-state index in [4.69, 9.17) is 9.47 Å². The van der Waals surface area contributed by atoms with Crippen molar-refractivity contribution in [1.29, 1.82) is 5.26 Å². The fraction of sp³-hybridized carbons (Fsp3) is 0.167. The van der Waals surface area contributed by atoms with E-state index < -0.39 is 4.92 Å². The molecule has 2 aromatic rings. The van der Waals surface area contributed by atoms with Gasteiger partial charge in [0.1, 0.15) is 0 Å². The standard InChI is InChI=1S/C18H15BrN2O4/c1-3-25-17-10-12(9-16(19)18(17)24-2)8-14(11-20)13-4-6-15(7-5-13)21(22)23/h4-10H,3H2,1-2H3. The number of nitriles is 1. The van der Waals surface area contributed by atoms with Crippen molar-refractivity contribution in [2.24, 2.45) is 0 Å². The third-order valence-corrected chi connectivity index (χ3v) is 3.95. The quantitative estimate of drug-likeness (QED) is 0.299. The molecule has 0 fully saturated rings. The first-order valence-electron chi connectivity index (χ1n) is 7.37. The Labute approximate surface area is 153 Å². The SMILES string of the molecule is CCOc1cc(C=C(C#N)c2ccc([N+](=O)[O-])cc2)cc(Br)c1OC. The lowest BCUT2D eigenvalue weighted by atomic mass is 10.0. The van der Waals surface area contributed by atoms with Gasteiger partial charge in [0.15, 0.2) is 11.5 Å². The molecule has 6 nitrogen and oxygen atoms in total. The van der Waals surface area contributed by atoms with Crippen LogP contribution in [0.1, 0.15) is 18.1 Å². The maximum atomic E-state index is 10.7. The normalized spacial score (nSPS) is 10.9. The van der Waals surface area contributed by atoms with E-state index in [0.29, 0.717) is 33.7 Å². The van der Waals surface area contributed by atoms with Crippen LogP contribution < -0.4 is 9.47 Å². The van der Waals surface area contributed by atoms with Crippen molar-refractivity contribution in [3.05, 3.63) is 62.1 Å². The molecule has 0 aliphatic carbocycles. The van der Waals surface area contributed by atoms with Crippen LogP contribution in [0.3, 0.4) is 0 Å². The number of rotatable bonds is 6. The Morgan fingerprint density at radius 1 is 1.36 bits per heavy atom. The molecule has 25 heavy (non-hydrogen) atoms. The second-order valence-electron chi connectivity index (χ2n) is 4.94. The zero-order chi connectivity index (χ0) is 18.4. The smallest absolute Gasteiger partial charge is 0.269 e. The van der Waals surface area contributed by atoms with Gasteiger partial charge in [0.05, 0.1) is 34.8 Å². The minimum absolute atomic E-state index is 0.0214. The monoisotopic (exact) mass is 402 g/mol. The van der Waals surface area contributed by atoms with E-state index in [1.54, 1.807) is 31.4 Å². The Morgan fingerprint density at radius 3 is 2.56 bits per heavy atom. The molecule has 0 saturated heterocycles. The number of allylic oxidation sites excluding steroid dienone is 1. The molecule has 0 aliphatic rings. The van der Waals surface area contributed by atoms with Crippen molar-refractivity contribution in [2.75, 3.05) is 13.7 Å². The van der Waals surface area contributed by atoms with E-state index in [1.807, 2.05) is 13.0 Å². The lowest BCUT2D eigenvalue weighted by Gasteiger charge is -2.12. The number of nitrogens with zero attached hydrogens (tertiary/aromatic N) is 2. The molecule has 2 aromatic carbocycles. The first kappa shape index (κ1) is 18.5. The number of hydrogen-bond acceptors (Lipinski definition) is 5. The van der Waals surface area contributed by atoms with Gasteiger partial charge in [-0.15, -0.1) is 0 Å². The molecule has 128 valence electrons. The van der Waals surface area contributed by atoms with Gasteiger partial charge in [-0.2, -0.15) is 5.26 Å². The fourth-order valence-corrected chi connectivity index (χ4v) is 2.86. The topological polar surface area (TPSA) is 85.4 Å².